The normalized spacial score (nSPS) is 44.8. The first-order valence-electron chi connectivity index (χ1n) is 15.3. The summed E-state index contributed by atoms with van der Waals surface area (Å²) in [7, 11) is -0.864. The van der Waals surface area contributed by atoms with Crippen LogP contribution < -0.4 is 4.90 Å². The fourth-order valence-electron chi connectivity index (χ4n) is 10.1. The maximum Gasteiger partial charge on any atom is 0.415 e. The van der Waals surface area contributed by atoms with Crippen molar-refractivity contribution in [3.05, 3.63) is 42.5 Å². The summed E-state index contributed by atoms with van der Waals surface area (Å²) in [6.45, 7) is 15.0. The molecule has 4 bridgehead atoms. The van der Waals surface area contributed by atoms with Gasteiger partial charge in [-0.2, -0.15) is 0 Å². The second-order valence-electron chi connectivity index (χ2n) is 15.6. The summed E-state index contributed by atoms with van der Waals surface area (Å²) in [6, 6.07) is 9.64. The van der Waals surface area contributed by atoms with Gasteiger partial charge in [-0.25, -0.2) is 4.79 Å². The highest BCUT2D eigenvalue weighted by atomic mass is 28.4. The Labute approximate surface area is 249 Å². The molecule has 8 nitrogen and oxygen atoms in total. The summed E-state index contributed by atoms with van der Waals surface area (Å²) in [5.41, 5.74) is -3.23. The number of nitrogens with zero attached hydrogens (tertiary/aromatic N) is 1. The number of carbonyl (C=O) groups excluding carboxylic acids is 3. The van der Waals surface area contributed by atoms with Gasteiger partial charge in [0.1, 0.15) is 16.6 Å². The van der Waals surface area contributed by atoms with E-state index in [1.54, 1.807) is 0 Å². The molecule has 2 unspecified atom stereocenters. The van der Waals surface area contributed by atoms with E-state index in [-0.39, 0.29) is 29.0 Å². The molecule has 0 radical (unpaired) electrons. The highest BCUT2D eigenvalue weighted by molar-refractivity contribution is 6.74. The third kappa shape index (κ3) is 3.00. The lowest BCUT2D eigenvalue weighted by molar-refractivity contribution is -0.164. The van der Waals surface area contributed by atoms with Crippen molar-refractivity contribution in [2.24, 2.45) is 28.6 Å². The number of benzene rings is 1. The van der Waals surface area contributed by atoms with Crippen LogP contribution in [-0.4, -0.2) is 56.3 Å². The van der Waals surface area contributed by atoms with E-state index < -0.39 is 53.8 Å². The lowest BCUT2D eigenvalue weighted by Crippen LogP contribution is -2.56. The van der Waals surface area contributed by atoms with E-state index in [1.807, 2.05) is 48.2 Å². The summed E-state index contributed by atoms with van der Waals surface area (Å²) in [5, 5.41) is -0.0625. The zero-order valence-electron chi connectivity index (χ0n) is 26.0. The minimum absolute atomic E-state index is 0.0625. The van der Waals surface area contributed by atoms with E-state index in [0.29, 0.717) is 25.7 Å². The minimum atomic E-state index is -2.29. The summed E-state index contributed by atoms with van der Waals surface area (Å²) >= 11 is 0. The smallest absolute Gasteiger partial charge is 0.415 e. The first-order chi connectivity index (χ1) is 19.5. The highest BCUT2D eigenvalue weighted by Gasteiger charge is 2.88. The maximum atomic E-state index is 14.1. The van der Waals surface area contributed by atoms with Gasteiger partial charge in [0.15, 0.2) is 8.32 Å². The van der Waals surface area contributed by atoms with E-state index in [4.69, 9.17) is 18.6 Å². The predicted octanol–water partition coefficient (Wildman–Crippen LogP) is 6.01. The third-order valence-electron chi connectivity index (χ3n) is 12.9. The maximum absolute atomic E-state index is 14.1. The molecule has 2 saturated heterocycles. The Morgan fingerprint density at radius 2 is 1.76 bits per heavy atom. The number of amides is 1. The quantitative estimate of drug-likeness (QED) is 0.183. The molecule has 1 amide bonds. The standard InChI is InChI=1S/C33H43NO7Si/c1-28(2,3)42(7,8)41-22-15-17-33-21-14-16-32-19-31(21,23(25(35)38-6)24(33)30(22,5)26(36)39-33)18-29(32,4)34(27(37)40-32)20-12-10-9-11-13-20/h9-13,15,17,21-24H,14,16,18-19H2,1-8H3/t21-,22+,23-,24-,29?,30?,31+,32+,33-/m1/s1. The summed E-state index contributed by atoms with van der Waals surface area (Å²) in [5.74, 6) is -1.80. The largest absolute Gasteiger partial charge is 0.469 e. The average molecular weight is 594 g/mol. The Morgan fingerprint density at radius 3 is 2.40 bits per heavy atom. The van der Waals surface area contributed by atoms with Gasteiger partial charge in [0.25, 0.3) is 0 Å². The van der Waals surface area contributed by atoms with Crippen molar-refractivity contribution in [2.75, 3.05) is 12.0 Å². The number of hydrogen-bond acceptors (Lipinski definition) is 7. The predicted molar refractivity (Wildman–Crippen MR) is 158 cm³/mol. The molecule has 42 heavy (non-hydrogen) atoms. The van der Waals surface area contributed by atoms with Crippen molar-refractivity contribution in [2.45, 2.75) is 101 Å². The monoisotopic (exact) mass is 593 g/mol. The molecule has 5 fully saturated rings. The summed E-state index contributed by atoms with van der Waals surface area (Å²) in [6.07, 6.45) is 5.65. The molecule has 3 saturated carbocycles. The Bertz CT molecular complexity index is 1420. The SMILES string of the molecule is COC(=O)[C@H]1[C@@H]2C3(C)C(=O)O[C@]2(C=C[C@@H]3O[Si](C)(C)C(C)(C)C)[C@@H]2CC[C@]34C[C@@]21CC3(C)N(c1ccccc1)C(=O)O4. The van der Waals surface area contributed by atoms with Crippen LogP contribution in [-0.2, 0) is 28.2 Å². The van der Waals surface area contributed by atoms with Gasteiger partial charge in [-0.05, 0) is 81.3 Å². The van der Waals surface area contributed by atoms with Crippen LogP contribution in [0.1, 0.15) is 60.3 Å². The molecule has 7 rings (SSSR count). The zero-order valence-corrected chi connectivity index (χ0v) is 27.0. The topological polar surface area (TPSA) is 91.4 Å². The molecule has 9 heteroatoms. The van der Waals surface area contributed by atoms with Gasteiger partial charge in [0, 0.05) is 17.5 Å². The van der Waals surface area contributed by atoms with Crippen LogP contribution in [0.3, 0.4) is 0 Å². The summed E-state index contributed by atoms with van der Waals surface area (Å²) in [4.78, 5) is 43.4. The van der Waals surface area contributed by atoms with Crippen LogP contribution in [0.25, 0.3) is 0 Å². The van der Waals surface area contributed by atoms with Gasteiger partial charge >= 0.3 is 18.0 Å². The molecule has 226 valence electrons. The molecule has 4 aliphatic carbocycles. The van der Waals surface area contributed by atoms with Gasteiger partial charge in [0.2, 0.25) is 0 Å². The number of methoxy groups -OCH3 is 1. The molecule has 2 heterocycles. The van der Waals surface area contributed by atoms with E-state index in [1.165, 1.54) is 7.11 Å². The molecule has 0 aromatic heterocycles. The molecule has 6 aliphatic rings. The Kier molecular flexibility index (Phi) is 5.41. The van der Waals surface area contributed by atoms with Gasteiger partial charge in [0.05, 0.1) is 24.7 Å². The Morgan fingerprint density at radius 1 is 1.07 bits per heavy atom. The van der Waals surface area contributed by atoms with E-state index >= 15 is 0 Å². The van der Waals surface area contributed by atoms with E-state index in [0.717, 1.165) is 5.69 Å². The summed E-state index contributed by atoms with van der Waals surface area (Å²) < 4.78 is 25.4. The first kappa shape index (κ1) is 28.1. The third-order valence-corrected chi connectivity index (χ3v) is 17.4. The molecule has 1 aromatic carbocycles. The first-order valence-corrected chi connectivity index (χ1v) is 18.2. The van der Waals surface area contributed by atoms with E-state index in [2.05, 4.69) is 46.9 Å². The molecule has 2 spiro atoms. The highest BCUT2D eigenvalue weighted by Crippen LogP contribution is 2.80. The number of rotatable bonds is 4. The van der Waals surface area contributed by atoms with Crippen LogP contribution in [0.2, 0.25) is 18.1 Å². The van der Waals surface area contributed by atoms with Crippen LogP contribution >= 0.6 is 0 Å². The second-order valence-corrected chi connectivity index (χ2v) is 20.4. The van der Waals surface area contributed by atoms with Gasteiger partial charge in [-0.15, -0.1) is 0 Å². The van der Waals surface area contributed by atoms with Crippen LogP contribution in [0.5, 0.6) is 0 Å². The zero-order chi connectivity index (χ0) is 30.3. The minimum Gasteiger partial charge on any atom is -0.469 e. The second kappa shape index (κ2) is 8.08. The molecule has 0 N–H and O–H groups in total. The molecular formula is C33H43NO7Si. The van der Waals surface area contributed by atoms with Crippen molar-refractivity contribution < 1.29 is 33.0 Å². The Hall–Kier alpha value is -2.65. The number of carbonyl (C=O) groups is 3. The lowest BCUT2D eigenvalue weighted by Gasteiger charge is -2.46. The fourth-order valence-corrected chi connectivity index (χ4v) is 11.4. The molecular weight excluding hydrogens is 550 g/mol. The lowest BCUT2D eigenvalue weighted by atomic mass is 9.61. The van der Waals surface area contributed by atoms with Crippen LogP contribution in [0.15, 0.2) is 42.5 Å². The molecule has 9 atom stereocenters. The molecule has 2 aliphatic heterocycles. The van der Waals surface area contributed by atoms with Crippen molar-refractivity contribution in [1.82, 2.24) is 0 Å². The Balaban J connectivity index is 1.38. The van der Waals surface area contributed by atoms with Crippen LogP contribution in [0, 0.1) is 28.6 Å². The number of para-hydroxylation sites is 1. The van der Waals surface area contributed by atoms with Crippen LogP contribution in [0.4, 0.5) is 10.5 Å². The average Bonchev–Trinajstić information content (AvgIpc) is 3.40. The number of anilines is 1. The van der Waals surface area contributed by atoms with E-state index in [9.17, 15) is 14.4 Å². The van der Waals surface area contributed by atoms with Crippen molar-refractivity contribution >= 4 is 32.0 Å². The molecule has 1 aromatic rings. The number of hydrogen-bond donors (Lipinski definition) is 0. The number of ether oxygens (including phenoxy) is 3. The van der Waals surface area contributed by atoms with Gasteiger partial charge < -0.3 is 18.6 Å². The fraction of sp³-hybridized carbons (Fsp3) is 0.667. The van der Waals surface area contributed by atoms with Gasteiger partial charge in [-0.1, -0.05) is 45.0 Å². The van der Waals surface area contributed by atoms with Gasteiger partial charge in [-0.3, -0.25) is 14.5 Å². The van der Waals surface area contributed by atoms with Crippen molar-refractivity contribution in [1.29, 1.82) is 0 Å². The number of esters is 2. The van der Waals surface area contributed by atoms with Crippen molar-refractivity contribution in [3.8, 4) is 0 Å². The van der Waals surface area contributed by atoms with Crippen molar-refractivity contribution in [3.63, 3.8) is 0 Å².